The van der Waals surface area contributed by atoms with Crippen molar-refractivity contribution in [1.29, 1.82) is 0 Å². The van der Waals surface area contributed by atoms with Gasteiger partial charge in [0.25, 0.3) is 0 Å². The van der Waals surface area contributed by atoms with Crippen molar-refractivity contribution < 1.29 is 0 Å². The summed E-state index contributed by atoms with van der Waals surface area (Å²) < 4.78 is 1.34. The number of hydrogen-bond acceptors (Lipinski definition) is 1. The maximum atomic E-state index is 3.62. The lowest BCUT2D eigenvalue weighted by Gasteiger charge is -2.30. The van der Waals surface area contributed by atoms with Crippen LogP contribution in [0.25, 0.3) is 0 Å². The van der Waals surface area contributed by atoms with Crippen LogP contribution in [-0.2, 0) is 0 Å². The predicted molar refractivity (Wildman–Crippen MR) is 77.5 cm³/mol. The highest BCUT2D eigenvalue weighted by Gasteiger charge is 2.22. The van der Waals surface area contributed by atoms with E-state index in [0.29, 0.717) is 6.04 Å². The Balaban J connectivity index is 2.04. The molecule has 1 aromatic carbocycles. The van der Waals surface area contributed by atoms with Crippen LogP contribution in [0.4, 0.5) is 0 Å². The topological polar surface area (TPSA) is 12.0 Å². The van der Waals surface area contributed by atoms with Gasteiger partial charge in [-0.3, -0.25) is 0 Å². The molecule has 0 amide bonds. The quantitative estimate of drug-likeness (QED) is 0.801. The van der Waals surface area contributed by atoms with Gasteiger partial charge in [-0.05, 0) is 59.2 Å². The molecule has 0 spiro atoms. The fourth-order valence-electron chi connectivity index (χ4n) is 2.37. The highest BCUT2D eigenvalue weighted by Crippen LogP contribution is 2.34. The van der Waals surface area contributed by atoms with Crippen molar-refractivity contribution in [3.8, 4) is 0 Å². The molecule has 1 aliphatic carbocycles. The molecule has 1 unspecified atom stereocenters. The maximum absolute atomic E-state index is 3.62. The Morgan fingerprint density at radius 2 is 2.25 bits per heavy atom. The Bertz CT molecular complexity index is 333. The summed E-state index contributed by atoms with van der Waals surface area (Å²) in [4.78, 5) is 0. The molecular weight excluding hydrogens is 309 g/mol. The van der Waals surface area contributed by atoms with E-state index in [-0.39, 0.29) is 0 Å². The van der Waals surface area contributed by atoms with Crippen molar-refractivity contribution in [2.75, 3.05) is 6.54 Å². The minimum absolute atomic E-state index is 0.560. The predicted octanol–water partition coefficient (Wildman–Crippen LogP) is 4.13. The minimum Gasteiger partial charge on any atom is -0.310 e. The first-order valence-electron chi connectivity index (χ1n) is 6.28. The average molecular weight is 329 g/mol. The summed E-state index contributed by atoms with van der Waals surface area (Å²) in [5.41, 5.74) is 1.46. The first-order valence-corrected chi connectivity index (χ1v) is 7.36. The van der Waals surface area contributed by atoms with Gasteiger partial charge in [0.15, 0.2) is 0 Å². The van der Waals surface area contributed by atoms with Crippen molar-refractivity contribution in [3.63, 3.8) is 0 Å². The number of nitrogens with one attached hydrogen (secondary N) is 1. The van der Waals surface area contributed by atoms with Crippen LogP contribution in [0.2, 0.25) is 0 Å². The molecule has 0 bridgehead atoms. The molecule has 1 atom stereocenters. The average Bonchev–Trinajstić information content (AvgIpc) is 2.21. The summed E-state index contributed by atoms with van der Waals surface area (Å²) in [5, 5.41) is 3.62. The van der Waals surface area contributed by atoms with Gasteiger partial charge in [0, 0.05) is 9.61 Å². The first-order chi connectivity index (χ1) is 7.79. The highest BCUT2D eigenvalue weighted by atomic mass is 127. The van der Waals surface area contributed by atoms with Crippen molar-refractivity contribution >= 4 is 22.6 Å². The third-order valence-corrected chi connectivity index (χ3v) is 4.17. The van der Waals surface area contributed by atoms with Crippen LogP contribution in [0, 0.1) is 9.49 Å². The highest BCUT2D eigenvalue weighted by molar-refractivity contribution is 14.1. The molecule has 0 aliphatic heterocycles. The van der Waals surface area contributed by atoms with Crippen LogP contribution in [-0.4, -0.2) is 6.54 Å². The van der Waals surface area contributed by atoms with Crippen LogP contribution < -0.4 is 5.32 Å². The molecule has 1 nitrogen and oxygen atoms in total. The molecule has 0 heterocycles. The SMILES string of the molecule is CCNC(CC1CCC1)c1cccc(I)c1. The van der Waals surface area contributed by atoms with Gasteiger partial charge in [0.1, 0.15) is 0 Å². The third kappa shape index (κ3) is 3.20. The van der Waals surface area contributed by atoms with Gasteiger partial charge in [0.05, 0.1) is 0 Å². The maximum Gasteiger partial charge on any atom is 0.0323 e. The molecule has 0 radical (unpaired) electrons. The van der Waals surface area contributed by atoms with Gasteiger partial charge in [-0.2, -0.15) is 0 Å². The third-order valence-electron chi connectivity index (χ3n) is 3.50. The molecule has 16 heavy (non-hydrogen) atoms. The zero-order valence-electron chi connectivity index (χ0n) is 9.88. The molecular formula is C14H20IN. The molecule has 0 saturated heterocycles. The van der Waals surface area contributed by atoms with Gasteiger partial charge in [-0.15, -0.1) is 0 Å². The lowest BCUT2D eigenvalue weighted by Crippen LogP contribution is -2.25. The van der Waals surface area contributed by atoms with Gasteiger partial charge in [-0.1, -0.05) is 38.3 Å². The van der Waals surface area contributed by atoms with Gasteiger partial charge >= 0.3 is 0 Å². The second kappa shape index (κ2) is 6.01. The Morgan fingerprint density at radius 1 is 1.44 bits per heavy atom. The summed E-state index contributed by atoms with van der Waals surface area (Å²) in [6, 6.07) is 9.46. The summed E-state index contributed by atoms with van der Waals surface area (Å²) >= 11 is 2.40. The number of rotatable bonds is 5. The van der Waals surface area contributed by atoms with E-state index in [0.717, 1.165) is 12.5 Å². The number of benzene rings is 1. The van der Waals surface area contributed by atoms with Crippen molar-refractivity contribution in [3.05, 3.63) is 33.4 Å². The Labute approximate surface area is 112 Å². The van der Waals surface area contributed by atoms with Crippen LogP contribution in [0.15, 0.2) is 24.3 Å². The van der Waals surface area contributed by atoms with E-state index in [9.17, 15) is 0 Å². The molecule has 1 fully saturated rings. The summed E-state index contributed by atoms with van der Waals surface area (Å²) in [7, 11) is 0. The van der Waals surface area contributed by atoms with Gasteiger partial charge < -0.3 is 5.32 Å². The van der Waals surface area contributed by atoms with E-state index in [1.54, 1.807) is 0 Å². The molecule has 0 aromatic heterocycles. The smallest absolute Gasteiger partial charge is 0.0323 e. The molecule has 1 aromatic rings. The fraction of sp³-hybridized carbons (Fsp3) is 0.571. The second-order valence-electron chi connectivity index (χ2n) is 4.70. The van der Waals surface area contributed by atoms with Crippen molar-refractivity contribution in [1.82, 2.24) is 5.32 Å². The van der Waals surface area contributed by atoms with Crippen LogP contribution >= 0.6 is 22.6 Å². The molecule has 2 heteroatoms. The molecule has 2 rings (SSSR count). The first kappa shape index (κ1) is 12.4. The van der Waals surface area contributed by atoms with Crippen LogP contribution in [0.1, 0.15) is 44.2 Å². The van der Waals surface area contributed by atoms with Crippen LogP contribution in [0.3, 0.4) is 0 Å². The zero-order chi connectivity index (χ0) is 11.4. The fourth-order valence-corrected chi connectivity index (χ4v) is 2.94. The Morgan fingerprint density at radius 3 is 2.81 bits per heavy atom. The monoisotopic (exact) mass is 329 g/mol. The molecule has 88 valence electrons. The number of hydrogen-bond donors (Lipinski definition) is 1. The zero-order valence-corrected chi connectivity index (χ0v) is 12.0. The summed E-state index contributed by atoms with van der Waals surface area (Å²) in [6.07, 6.45) is 5.63. The van der Waals surface area contributed by atoms with E-state index in [1.165, 1.54) is 34.8 Å². The molecule has 1 saturated carbocycles. The van der Waals surface area contributed by atoms with E-state index in [4.69, 9.17) is 0 Å². The van der Waals surface area contributed by atoms with E-state index in [2.05, 4.69) is 59.1 Å². The van der Waals surface area contributed by atoms with E-state index < -0.39 is 0 Å². The van der Waals surface area contributed by atoms with Crippen molar-refractivity contribution in [2.24, 2.45) is 5.92 Å². The largest absolute Gasteiger partial charge is 0.310 e. The minimum atomic E-state index is 0.560. The van der Waals surface area contributed by atoms with E-state index in [1.807, 2.05) is 0 Å². The lowest BCUT2D eigenvalue weighted by molar-refractivity contribution is 0.262. The number of halogens is 1. The normalized spacial score (nSPS) is 18.1. The molecule has 1 aliphatic rings. The standard InChI is InChI=1S/C14H20IN/c1-2-16-14(9-11-5-3-6-11)12-7-4-8-13(15)10-12/h4,7-8,10-11,14,16H,2-3,5-6,9H2,1H3. The van der Waals surface area contributed by atoms with Gasteiger partial charge in [0.2, 0.25) is 0 Å². The molecule has 1 N–H and O–H groups in total. The summed E-state index contributed by atoms with van der Waals surface area (Å²) in [5.74, 6) is 0.960. The Hall–Kier alpha value is -0.0900. The summed E-state index contributed by atoms with van der Waals surface area (Å²) in [6.45, 7) is 3.25. The van der Waals surface area contributed by atoms with Gasteiger partial charge in [-0.25, -0.2) is 0 Å². The second-order valence-corrected chi connectivity index (χ2v) is 5.94. The van der Waals surface area contributed by atoms with Crippen LogP contribution in [0.5, 0.6) is 0 Å². The van der Waals surface area contributed by atoms with E-state index >= 15 is 0 Å². The Kier molecular flexibility index (Phi) is 4.65. The lowest BCUT2D eigenvalue weighted by atomic mass is 9.79. The van der Waals surface area contributed by atoms with Crippen molar-refractivity contribution in [2.45, 2.75) is 38.6 Å².